The molecule has 3 aromatic carbocycles. The Balaban J connectivity index is 1.61. The molecule has 1 fully saturated rings. The normalized spacial score (nSPS) is 14.6. The third-order valence-electron chi connectivity index (χ3n) is 5.35. The second kappa shape index (κ2) is 10.7. The Morgan fingerprint density at radius 2 is 1.69 bits per heavy atom. The van der Waals surface area contributed by atoms with Gasteiger partial charge in [0.2, 0.25) is 0 Å². The van der Waals surface area contributed by atoms with Crippen LogP contribution in [0.5, 0.6) is 17.2 Å². The summed E-state index contributed by atoms with van der Waals surface area (Å²) >= 11 is 0. The van der Waals surface area contributed by atoms with Gasteiger partial charge in [-0.25, -0.2) is 14.1 Å². The standard InChI is InChI=1S/C27H23FN2O6/c1-3-35-24-15-17(8-13-23(24)36-16-18-6-4-5-7-22(18)28)14-21-25(31)29-27(33)30(26(21)32)19-9-11-20(34-2)12-10-19/h4-15H,3,16H2,1-2H3,(H,29,31,33)/b21-14+. The number of hydrogen-bond donors (Lipinski definition) is 1. The van der Waals surface area contributed by atoms with Crippen molar-refractivity contribution in [2.45, 2.75) is 13.5 Å². The first kappa shape index (κ1) is 24.5. The summed E-state index contributed by atoms with van der Waals surface area (Å²) in [6.07, 6.45) is 1.36. The molecule has 0 aromatic heterocycles. The molecule has 0 spiro atoms. The van der Waals surface area contributed by atoms with Crippen LogP contribution in [0.1, 0.15) is 18.1 Å². The maximum absolute atomic E-state index is 13.9. The molecule has 1 heterocycles. The van der Waals surface area contributed by atoms with Gasteiger partial charge in [0, 0.05) is 5.56 Å². The third kappa shape index (κ3) is 5.20. The Labute approximate surface area is 206 Å². The van der Waals surface area contributed by atoms with Crippen LogP contribution < -0.4 is 24.4 Å². The van der Waals surface area contributed by atoms with E-state index in [4.69, 9.17) is 14.2 Å². The number of halogens is 1. The first-order valence-corrected chi connectivity index (χ1v) is 11.1. The van der Waals surface area contributed by atoms with Crippen LogP contribution in [0.25, 0.3) is 6.08 Å². The number of amides is 4. The van der Waals surface area contributed by atoms with Crippen LogP contribution in [0.2, 0.25) is 0 Å². The number of rotatable bonds is 8. The molecule has 0 atom stereocenters. The SMILES string of the molecule is CCOc1cc(/C=C2\C(=O)NC(=O)N(c3ccc(OC)cc3)C2=O)ccc1OCc1ccccc1F. The van der Waals surface area contributed by atoms with E-state index in [9.17, 15) is 18.8 Å². The maximum atomic E-state index is 13.9. The fourth-order valence-corrected chi connectivity index (χ4v) is 3.56. The number of nitrogens with one attached hydrogen (secondary N) is 1. The summed E-state index contributed by atoms with van der Waals surface area (Å²) in [5, 5.41) is 2.19. The molecule has 0 radical (unpaired) electrons. The Hall–Kier alpha value is -4.66. The molecular formula is C27H23FN2O6. The number of nitrogens with zero attached hydrogens (tertiary/aromatic N) is 1. The lowest BCUT2D eigenvalue weighted by Crippen LogP contribution is -2.54. The Morgan fingerprint density at radius 1 is 0.944 bits per heavy atom. The van der Waals surface area contributed by atoms with Gasteiger partial charge in [0.15, 0.2) is 11.5 Å². The average Bonchev–Trinajstić information content (AvgIpc) is 2.87. The van der Waals surface area contributed by atoms with Gasteiger partial charge in [-0.3, -0.25) is 14.9 Å². The van der Waals surface area contributed by atoms with Crippen LogP contribution in [0.4, 0.5) is 14.9 Å². The smallest absolute Gasteiger partial charge is 0.335 e. The predicted molar refractivity (Wildman–Crippen MR) is 130 cm³/mol. The number of ether oxygens (including phenoxy) is 3. The molecule has 3 aromatic rings. The second-order valence-electron chi connectivity index (χ2n) is 7.68. The van der Waals surface area contributed by atoms with Gasteiger partial charge in [-0.05, 0) is 61.0 Å². The number of urea groups is 1. The van der Waals surface area contributed by atoms with Gasteiger partial charge in [-0.1, -0.05) is 24.3 Å². The van der Waals surface area contributed by atoms with Crippen LogP contribution in [0.3, 0.4) is 0 Å². The Bertz CT molecular complexity index is 1340. The van der Waals surface area contributed by atoms with Gasteiger partial charge in [-0.2, -0.15) is 0 Å². The van der Waals surface area contributed by atoms with Crippen molar-refractivity contribution in [3.05, 3.63) is 89.2 Å². The van der Waals surface area contributed by atoms with Crippen molar-refractivity contribution in [3.8, 4) is 17.2 Å². The lowest BCUT2D eigenvalue weighted by molar-refractivity contribution is -0.122. The number of methoxy groups -OCH3 is 1. The molecule has 1 saturated heterocycles. The van der Waals surface area contributed by atoms with Gasteiger partial charge in [0.05, 0.1) is 19.4 Å². The van der Waals surface area contributed by atoms with Crippen molar-refractivity contribution in [3.63, 3.8) is 0 Å². The largest absolute Gasteiger partial charge is 0.497 e. The molecule has 0 bridgehead atoms. The van der Waals surface area contributed by atoms with Crippen LogP contribution >= 0.6 is 0 Å². The molecule has 184 valence electrons. The molecule has 0 aliphatic carbocycles. The van der Waals surface area contributed by atoms with E-state index in [0.717, 1.165) is 4.90 Å². The molecule has 9 heteroatoms. The number of hydrogen-bond acceptors (Lipinski definition) is 6. The predicted octanol–water partition coefficient (Wildman–Crippen LogP) is 4.48. The minimum atomic E-state index is -0.848. The van der Waals surface area contributed by atoms with Crippen LogP contribution in [-0.4, -0.2) is 31.6 Å². The summed E-state index contributed by atoms with van der Waals surface area (Å²) < 4.78 is 30.5. The first-order valence-electron chi connectivity index (χ1n) is 11.1. The molecule has 0 unspecified atom stereocenters. The van der Waals surface area contributed by atoms with Crippen molar-refractivity contribution in [2.75, 3.05) is 18.6 Å². The van der Waals surface area contributed by atoms with Gasteiger partial charge >= 0.3 is 6.03 Å². The average molecular weight is 490 g/mol. The number of carbonyl (C=O) groups is 3. The van der Waals surface area contributed by atoms with Gasteiger partial charge in [0.1, 0.15) is 23.7 Å². The van der Waals surface area contributed by atoms with Gasteiger partial charge in [0.25, 0.3) is 11.8 Å². The molecule has 1 aliphatic rings. The van der Waals surface area contributed by atoms with Crippen molar-refractivity contribution in [1.82, 2.24) is 5.32 Å². The van der Waals surface area contributed by atoms with Gasteiger partial charge in [-0.15, -0.1) is 0 Å². The quantitative estimate of drug-likeness (QED) is 0.370. The lowest BCUT2D eigenvalue weighted by atomic mass is 10.1. The summed E-state index contributed by atoms with van der Waals surface area (Å²) in [6.45, 7) is 2.12. The van der Waals surface area contributed by atoms with Gasteiger partial charge < -0.3 is 14.2 Å². The highest BCUT2D eigenvalue weighted by atomic mass is 19.1. The summed E-state index contributed by atoms with van der Waals surface area (Å²) in [5.41, 5.74) is 0.912. The van der Waals surface area contributed by atoms with E-state index in [0.29, 0.717) is 35.0 Å². The lowest BCUT2D eigenvalue weighted by Gasteiger charge is -2.26. The number of anilines is 1. The number of barbiturate groups is 1. The van der Waals surface area contributed by atoms with Crippen LogP contribution in [0.15, 0.2) is 72.3 Å². The molecule has 1 aliphatic heterocycles. The highest BCUT2D eigenvalue weighted by Crippen LogP contribution is 2.31. The van der Waals surface area contributed by atoms with E-state index in [2.05, 4.69) is 5.32 Å². The molecular weight excluding hydrogens is 467 g/mol. The van der Waals surface area contributed by atoms with E-state index in [-0.39, 0.29) is 23.7 Å². The summed E-state index contributed by atoms with van der Waals surface area (Å²) in [7, 11) is 1.50. The van der Waals surface area contributed by atoms with Crippen molar-refractivity contribution in [2.24, 2.45) is 0 Å². The zero-order valence-electron chi connectivity index (χ0n) is 19.6. The zero-order chi connectivity index (χ0) is 25.7. The molecule has 36 heavy (non-hydrogen) atoms. The Morgan fingerprint density at radius 3 is 2.39 bits per heavy atom. The summed E-state index contributed by atoms with van der Waals surface area (Å²) in [4.78, 5) is 38.9. The number of imide groups is 2. The van der Waals surface area contributed by atoms with E-state index < -0.39 is 17.8 Å². The minimum Gasteiger partial charge on any atom is -0.497 e. The maximum Gasteiger partial charge on any atom is 0.335 e. The minimum absolute atomic E-state index is 0.00694. The van der Waals surface area contributed by atoms with Crippen molar-refractivity contribution < 1.29 is 33.0 Å². The first-order chi connectivity index (χ1) is 17.4. The molecule has 1 N–H and O–H groups in total. The van der Waals surface area contributed by atoms with Crippen LogP contribution in [0, 0.1) is 5.82 Å². The molecule has 4 rings (SSSR count). The van der Waals surface area contributed by atoms with Crippen molar-refractivity contribution in [1.29, 1.82) is 0 Å². The zero-order valence-corrected chi connectivity index (χ0v) is 19.6. The fraction of sp³-hybridized carbons (Fsp3) is 0.148. The second-order valence-corrected chi connectivity index (χ2v) is 7.68. The van der Waals surface area contributed by atoms with Crippen LogP contribution in [-0.2, 0) is 16.2 Å². The van der Waals surface area contributed by atoms with E-state index >= 15 is 0 Å². The highest BCUT2D eigenvalue weighted by Gasteiger charge is 2.36. The molecule has 8 nitrogen and oxygen atoms in total. The highest BCUT2D eigenvalue weighted by molar-refractivity contribution is 6.39. The third-order valence-corrected chi connectivity index (χ3v) is 5.35. The van der Waals surface area contributed by atoms with E-state index in [1.165, 1.54) is 19.3 Å². The Kier molecular flexibility index (Phi) is 7.29. The number of benzene rings is 3. The summed E-state index contributed by atoms with van der Waals surface area (Å²) in [6, 6.07) is 16.6. The van der Waals surface area contributed by atoms with E-state index in [1.807, 2.05) is 0 Å². The van der Waals surface area contributed by atoms with Crippen molar-refractivity contribution >= 4 is 29.6 Å². The summed E-state index contributed by atoms with van der Waals surface area (Å²) in [5.74, 6) is -0.683. The molecule has 4 amide bonds. The topological polar surface area (TPSA) is 94.2 Å². The monoisotopic (exact) mass is 490 g/mol. The number of carbonyl (C=O) groups excluding carboxylic acids is 3. The van der Waals surface area contributed by atoms with E-state index in [1.54, 1.807) is 67.6 Å². The fourth-order valence-electron chi connectivity index (χ4n) is 3.56. The molecule has 0 saturated carbocycles.